The Bertz CT molecular complexity index is 643. The molecular formula is C16H16ClFN2O. The van der Waals surface area contributed by atoms with Crippen molar-refractivity contribution in [2.24, 2.45) is 0 Å². The maximum Gasteiger partial charge on any atom is 0.251 e. The van der Waals surface area contributed by atoms with Gasteiger partial charge in [0.15, 0.2) is 0 Å². The number of carbonyl (C=O) groups excluding carboxylic acids is 1. The maximum absolute atomic E-state index is 12.9. The number of hydrogen-bond donors (Lipinski definition) is 1. The number of aryl methyl sites for hydroxylation is 1. The molecule has 0 saturated heterocycles. The Balaban J connectivity index is 2.13. The van der Waals surface area contributed by atoms with Crippen LogP contribution in [0.3, 0.4) is 0 Å². The average Bonchev–Trinajstić information content (AvgIpc) is 2.47. The van der Waals surface area contributed by atoms with E-state index < -0.39 is 0 Å². The van der Waals surface area contributed by atoms with Crippen LogP contribution in [0.5, 0.6) is 0 Å². The van der Waals surface area contributed by atoms with Crippen molar-refractivity contribution in [2.75, 3.05) is 0 Å². The number of benzene rings is 1. The van der Waals surface area contributed by atoms with Gasteiger partial charge in [-0.15, -0.1) is 0 Å². The monoisotopic (exact) mass is 306 g/mol. The summed E-state index contributed by atoms with van der Waals surface area (Å²) in [5.74, 6) is -0.531. The third kappa shape index (κ3) is 4.02. The van der Waals surface area contributed by atoms with Crippen LogP contribution in [0.2, 0.25) is 5.15 Å². The molecule has 0 fully saturated rings. The highest BCUT2D eigenvalue weighted by atomic mass is 35.5. The fourth-order valence-electron chi connectivity index (χ4n) is 1.98. The van der Waals surface area contributed by atoms with Gasteiger partial charge in [-0.25, -0.2) is 9.37 Å². The molecule has 1 aromatic heterocycles. The van der Waals surface area contributed by atoms with E-state index in [2.05, 4.69) is 10.3 Å². The number of carbonyl (C=O) groups is 1. The van der Waals surface area contributed by atoms with E-state index in [9.17, 15) is 9.18 Å². The number of nitrogens with one attached hydrogen (secondary N) is 1. The van der Waals surface area contributed by atoms with E-state index in [1.165, 1.54) is 18.2 Å². The average molecular weight is 307 g/mol. The van der Waals surface area contributed by atoms with Gasteiger partial charge in [0, 0.05) is 11.3 Å². The highest BCUT2D eigenvalue weighted by Gasteiger charge is 2.13. The van der Waals surface area contributed by atoms with Crippen molar-refractivity contribution < 1.29 is 9.18 Å². The highest BCUT2D eigenvalue weighted by molar-refractivity contribution is 6.29. The van der Waals surface area contributed by atoms with Crippen LogP contribution in [-0.2, 0) is 6.42 Å². The lowest BCUT2D eigenvalue weighted by atomic mass is 10.1. The molecule has 1 heterocycles. The summed E-state index contributed by atoms with van der Waals surface area (Å²) < 4.78 is 12.9. The molecule has 5 heteroatoms. The van der Waals surface area contributed by atoms with Crippen molar-refractivity contribution in [1.82, 2.24) is 10.3 Å². The van der Waals surface area contributed by atoms with Gasteiger partial charge in [-0.3, -0.25) is 4.79 Å². The Morgan fingerprint density at radius 2 is 2.00 bits per heavy atom. The second kappa shape index (κ2) is 6.68. The van der Waals surface area contributed by atoms with E-state index in [0.717, 1.165) is 11.3 Å². The van der Waals surface area contributed by atoms with Gasteiger partial charge in [0.25, 0.3) is 5.91 Å². The molecule has 0 saturated carbocycles. The van der Waals surface area contributed by atoms with Crippen LogP contribution in [0, 0.1) is 5.82 Å². The first-order chi connectivity index (χ1) is 9.99. The molecular weight excluding hydrogens is 291 g/mol. The minimum absolute atomic E-state index is 0.227. The zero-order valence-electron chi connectivity index (χ0n) is 11.9. The smallest absolute Gasteiger partial charge is 0.251 e. The predicted molar refractivity (Wildman–Crippen MR) is 80.9 cm³/mol. The first-order valence-corrected chi connectivity index (χ1v) is 7.10. The largest absolute Gasteiger partial charge is 0.346 e. The molecule has 1 unspecified atom stereocenters. The Hall–Kier alpha value is -1.94. The summed E-state index contributed by atoms with van der Waals surface area (Å²) in [6.07, 6.45) is 0.703. The standard InChI is InChI=1S/C16H16ClFN2O/c1-3-14-8-12(9-15(17)20-14)16(21)19-10(2)11-4-6-13(18)7-5-11/h4-10H,3H2,1-2H3,(H,19,21). The summed E-state index contributed by atoms with van der Waals surface area (Å²) >= 11 is 5.91. The van der Waals surface area contributed by atoms with E-state index >= 15 is 0 Å². The van der Waals surface area contributed by atoms with Crippen LogP contribution in [0.15, 0.2) is 36.4 Å². The molecule has 0 aliphatic carbocycles. The molecule has 0 spiro atoms. The van der Waals surface area contributed by atoms with Gasteiger partial charge in [0.05, 0.1) is 6.04 Å². The van der Waals surface area contributed by atoms with E-state index in [1.54, 1.807) is 18.2 Å². The molecule has 110 valence electrons. The molecule has 0 bridgehead atoms. The summed E-state index contributed by atoms with van der Waals surface area (Å²) in [4.78, 5) is 16.4. The number of halogens is 2. The molecule has 2 aromatic rings. The van der Waals surface area contributed by atoms with E-state index in [1.807, 2.05) is 13.8 Å². The molecule has 1 atom stereocenters. The lowest BCUT2D eigenvalue weighted by Crippen LogP contribution is -2.26. The molecule has 1 N–H and O–H groups in total. The third-order valence-corrected chi connectivity index (χ3v) is 3.38. The summed E-state index contributed by atoms with van der Waals surface area (Å²) in [6.45, 7) is 3.79. The Kier molecular flexibility index (Phi) is 4.91. The first kappa shape index (κ1) is 15.4. The van der Waals surface area contributed by atoms with Crippen molar-refractivity contribution >= 4 is 17.5 Å². The maximum atomic E-state index is 12.9. The van der Waals surface area contributed by atoms with E-state index in [0.29, 0.717) is 17.1 Å². The third-order valence-electron chi connectivity index (χ3n) is 3.19. The van der Waals surface area contributed by atoms with Crippen LogP contribution in [-0.4, -0.2) is 10.9 Å². The second-order valence-electron chi connectivity index (χ2n) is 4.77. The minimum Gasteiger partial charge on any atom is -0.346 e. The SMILES string of the molecule is CCc1cc(C(=O)NC(C)c2ccc(F)cc2)cc(Cl)n1. The van der Waals surface area contributed by atoms with Crippen LogP contribution in [0.4, 0.5) is 4.39 Å². The number of nitrogens with zero attached hydrogens (tertiary/aromatic N) is 1. The topological polar surface area (TPSA) is 42.0 Å². The van der Waals surface area contributed by atoms with Gasteiger partial charge in [-0.1, -0.05) is 30.7 Å². The Morgan fingerprint density at radius 1 is 1.33 bits per heavy atom. The quantitative estimate of drug-likeness (QED) is 0.870. The number of amides is 1. The molecule has 0 radical (unpaired) electrons. The lowest BCUT2D eigenvalue weighted by Gasteiger charge is -2.14. The molecule has 1 amide bonds. The summed E-state index contributed by atoms with van der Waals surface area (Å²) in [6, 6.07) is 9.07. The molecule has 21 heavy (non-hydrogen) atoms. The van der Waals surface area contributed by atoms with Crippen molar-refractivity contribution in [2.45, 2.75) is 26.3 Å². The van der Waals surface area contributed by atoms with Crippen LogP contribution in [0.1, 0.15) is 41.5 Å². The van der Waals surface area contributed by atoms with Gasteiger partial charge in [-0.2, -0.15) is 0 Å². The van der Waals surface area contributed by atoms with Crippen molar-refractivity contribution in [1.29, 1.82) is 0 Å². The van der Waals surface area contributed by atoms with Crippen LogP contribution >= 0.6 is 11.6 Å². The summed E-state index contributed by atoms with van der Waals surface area (Å²) in [5.41, 5.74) is 2.07. The van der Waals surface area contributed by atoms with Gasteiger partial charge in [0.1, 0.15) is 11.0 Å². The van der Waals surface area contributed by atoms with Crippen molar-refractivity contribution in [3.05, 3.63) is 64.2 Å². The normalized spacial score (nSPS) is 12.0. The Morgan fingerprint density at radius 3 is 2.62 bits per heavy atom. The van der Waals surface area contributed by atoms with Crippen LogP contribution in [0.25, 0.3) is 0 Å². The van der Waals surface area contributed by atoms with E-state index in [-0.39, 0.29) is 17.8 Å². The molecule has 1 aromatic carbocycles. The minimum atomic E-state index is -0.300. The number of rotatable bonds is 4. The zero-order chi connectivity index (χ0) is 15.4. The predicted octanol–water partition coefficient (Wildman–Crippen LogP) is 3.93. The summed E-state index contributed by atoms with van der Waals surface area (Å²) in [7, 11) is 0. The molecule has 0 aliphatic rings. The van der Waals surface area contributed by atoms with Gasteiger partial charge < -0.3 is 5.32 Å². The summed E-state index contributed by atoms with van der Waals surface area (Å²) in [5, 5.41) is 3.16. The van der Waals surface area contributed by atoms with Gasteiger partial charge >= 0.3 is 0 Å². The molecule has 2 rings (SSSR count). The number of pyridine rings is 1. The zero-order valence-corrected chi connectivity index (χ0v) is 12.6. The highest BCUT2D eigenvalue weighted by Crippen LogP contribution is 2.16. The molecule has 3 nitrogen and oxygen atoms in total. The fourth-order valence-corrected chi connectivity index (χ4v) is 2.20. The second-order valence-corrected chi connectivity index (χ2v) is 5.16. The van der Waals surface area contributed by atoms with Crippen molar-refractivity contribution in [3.63, 3.8) is 0 Å². The van der Waals surface area contributed by atoms with E-state index in [4.69, 9.17) is 11.6 Å². The number of aromatic nitrogens is 1. The fraction of sp³-hybridized carbons (Fsp3) is 0.250. The lowest BCUT2D eigenvalue weighted by molar-refractivity contribution is 0.0939. The molecule has 0 aliphatic heterocycles. The van der Waals surface area contributed by atoms with Gasteiger partial charge in [-0.05, 0) is 43.2 Å². The number of hydrogen-bond acceptors (Lipinski definition) is 2. The van der Waals surface area contributed by atoms with Crippen LogP contribution < -0.4 is 5.32 Å². The van der Waals surface area contributed by atoms with Crippen molar-refractivity contribution in [3.8, 4) is 0 Å². The first-order valence-electron chi connectivity index (χ1n) is 6.72. The Labute approximate surface area is 128 Å². The van der Waals surface area contributed by atoms with Gasteiger partial charge in [0.2, 0.25) is 0 Å².